The van der Waals surface area contributed by atoms with E-state index in [0.29, 0.717) is 0 Å². The van der Waals surface area contributed by atoms with Crippen LogP contribution in [0.15, 0.2) is 36.9 Å². The Balaban J connectivity index is 2.54. The molecule has 0 atom stereocenters. The van der Waals surface area contributed by atoms with E-state index in [9.17, 15) is 0 Å². The molecule has 1 N–H and O–H groups in total. The molecule has 0 amide bonds. The van der Waals surface area contributed by atoms with Gasteiger partial charge in [-0.25, -0.2) is 0 Å². The number of allylic oxidation sites excluding steroid dienone is 1. The molecule has 0 spiro atoms. The maximum Gasteiger partial charge on any atom is 0.0462 e. The topological polar surface area (TPSA) is 15.8 Å². The van der Waals surface area contributed by atoms with Gasteiger partial charge in [-0.15, -0.1) is 6.58 Å². The van der Waals surface area contributed by atoms with Crippen LogP contribution in [0.3, 0.4) is 0 Å². The average Bonchev–Trinajstić information content (AvgIpc) is 2.47. The van der Waals surface area contributed by atoms with Gasteiger partial charge >= 0.3 is 0 Å². The van der Waals surface area contributed by atoms with Crippen LogP contribution in [0.4, 0.5) is 0 Å². The summed E-state index contributed by atoms with van der Waals surface area (Å²) in [6.45, 7) is 3.69. The number of aromatic amines is 1. The summed E-state index contributed by atoms with van der Waals surface area (Å²) in [7, 11) is 0. The highest BCUT2D eigenvalue weighted by Crippen LogP contribution is 2.13. The minimum Gasteiger partial charge on any atom is -0.358 e. The molecular formula is C11H10N. The van der Waals surface area contributed by atoms with Gasteiger partial charge in [0.05, 0.1) is 0 Å². The Morgan fingerprint density at radius 1 is 1.42 bits per heavy atom. The fourth-order valence-electron chi connectivity index (χ4n) is 1.30. The van der Waals surface area contributed by atoms with Gasteiger partial charge in [0.25, 0.3) is 0 Å². The van der Waals surface area contributed by atoms with Crippen molar-refractivity contribution in [1.82, 2.24) is 4.98 Å². The van der Waals surface area contributed by atoms with Gasteiger partial charge in [-0.2, -0.15) is 0 Å². The molecule has 12 heavy (non-hydrogen) atoms. The lowest BCUT2D eigenvalue weighted by molar-refractivity contribution is 1.17. The molecule has 2 rings (SSSR count). The number of hydrogen-bond donors (Lipinski definition) is 1. The fraction of sp³-hybridized carbons (Fsp3) is 0.0909. The van der Waals surface area contributed by atoms with Crippen LogP contribution in [0.1, 0.15) is 5.69 Å². The molecule has 1 aromatic heterocycles. The van der Waals surface area contributed by atoms with Crippen LogP contribution in [-0.2, 0) is 6.42 Å². The first-order chi connectivity index (χ1) is 5.90. The zero-order valence-electron chi connectivity index (χ0n) is 6.80. The van der Waals surface area contributed by atoms with Crippen LogP contribution in [0, 0.1) is 6.07 Å². The predicted molar refractivity (Wildman–Crippen MR) is 51.0 cm³/mol. The lowest BCUT2D eigenvalue weighted by Crippen LogP contribution is -1.77. The molecule has 0 saturated carbocycles. The monoisotopic (exact) mass is 156 g/mol. The van der Waals surface area contributed by atoms with Crippen LogP contribution in [-0.4, -0.2) is 4.98 Å². The van der Waals surface area contributed by atoms with Crippen LogP contribution < -0.4 is 0 Å². The van der Waals surface area contributed by atoms with Crippen molar-refractivity contribution in [3.05, 3.63) is 48.7 Å². The van der Waals surface area contributed by atoms with Gasteiger partial charge in [0.15, 0.2) is 0 Å². The number of nitrogens with one attached hydrogen (secondary N) is 1. The van der Waals surface area contributed by atoms with Crippen molar-refractivity contribution < 1.29 is 0 Å². The highest BCUT2D eigenvalue weighted by molar-refractivity contribution is 5.79. The summed E-state index contributed by atoms with van der Waals surface area (Å²) >= 11 is 0. The first-order valence-electron chi connectivity index (χ1n) is 4.00. The SMILES string of the molecule is C=CCc1[c]c2ccccc2[nH]1. The summed E-state index contributed by atoms with van der Waals surface area (Å²) in [5, 5.41) is 1.15. The van der Waals surface area contributed by atoms with E-state index >= 15 is 0 Å². The van der Waals surface area contributed by atoms with Crippen LogP contribution in [0.5, 0.6) is 0 Å². The third kappa shape index (κ3) is 1.14. The van der Waals surface area contributed by atoms with Gasteiger partial charge in [-0.1, -0.05) is 24.3 Å². The van der Waals surface area contributed by atoms with Crippen molar-refractivity contribution in [1.29, 1.82) is 0 Å². The van der Waals surface area contributed by atoms with E-state index in [2.05, 4.69) is 29.8 Å². The maximum atomic E-state index is 3.69. The number of aromatic nitrogens is 1. The molecule has 0 fully saturated rings. The van der Waals surface area contributed by atoms with Gasteiger partial charge in [0, 0.05) is 29.1 Å². The Labute approximate surface area is 71.7 Å². The molecule has 0 unspecified atom stereocenters. The largest absolute Gasteiger partial charge is 0.358 e. The second kappa shape index (κ2) is 2.86. The van der Waals surface area contributed by atoms with Crippen molar-refractivity contribution in [3.8, 4) is 0 Å². The Kier molecular flexibility index (Phi) is 1.71. The molecule has 0 saturated heterocycles. The van der Waals surface area contributed by atoms with Gasteiger partial charge in [0.1, 0.15) is 0 Å². The molecule has 59 valence electrons. The lowest BCUT2D eigenvalue weighted by atomic mass is 10.2. The number of H-pyrrole nitrogens is 1. The summed E-state index contributed by atoms with van der Waals surface area (Å²) in [6, 6.07) is 11.4. The Morgan fingerprint density at radius 2 is 2.25 bits per heavy atom. The standard InChI is InChI=1S/C11H10N/c1-2-5-10-8-9-6-3-4-7-11(9)12-10/h2-4,6-7,12H,1,5H2. The molecule has 0 bridgehead atoms. The molecular weight excluding hydrogens is 146 g/mol. The van der Waals surface area contributed by atoms with E-state index in [4.69, 9.17) is 0 Å². The number of para-hydroxylation sites is 1. The first-order valence-corrected chi connectivity index (χ1v) is 4.00. The molecule has 0 aliphatic heterocycles. The lowest BCUT2D eigenvalue weighted by Gasteiger charge is -1.85. The highest BCUT2D eigenvalue weighted by atomic mass is 14.7. The molecule has 1 radical (unpaired) electrons. The van der Waals surface area contributed by atoms with Crippen molar-refractivity contribution in [2.45, 2.75) is 6.42 Å². The second-order valence-corrected chi connectivity index (χ2v) is 2.77. The van der Waals surface area contributed by atoms with E-state index in [0.717, 1.165) is 23.0 Å². The Bertz CT molecular complexity index is 365. The summed E-state index contributed by atoms with van der Waals surface area (Å²) in [5.74, 6) is 0. The molecule has 1 heteroatoms. The predicted octanol–water partition coefficient (Wildman–Crippen LogP) is 2.70. The molecule has 0 aliphatic carbocycles. The molecule has 2 aromatic rings. The van der Waals surface area contributed by atoms with E-state index < -0.39 is 0 Å². The minimum atomic E-state index is 0.856. The highest BCUT2D eigenvalue weighted by Gasteiger charge is 1.97. The maximum absolute atomic E-state index is 3.69. The number of fused-ring (bicyclic) bond motifs is 1. The van der Waals surface area contributed by atoms with Gasteiger partial charge < -0.3 is 4.98 Å². The van der Waals surface area contributed by atoms with E-state index in [-0.39, 0.29) is 0 Å². The summed E-state index contributed by atoms with van der Waals surface area (Å²) in [4.78, 5) is 3.27. The van der Waals surface area contributed by atoms with Crippen molar-refractivity contribution in [2.24, 2.45) is 0 Å². The van der Waals surface area contributed by atoms with Crippen LogP contribution in [0.2, 0.25) is 0 Å². The number of benzene rings is 1. The summed E-state index contributed by atoms with van der Waals surface area (Å²) in [5.41, 5.74) is 2.25. The normalized spacial score (nSPS) is 10.3. The van der Waals surface area contributed by atoms with Gasteiger partial charge in [0.2, 0.25) is 0 Å². The average molecular weight is 156 g/mol. The third-order valence-corrected chi connectivity index (χ3v) is 1.85. The van der Waals surface area contributed by atoms with Crippen molar-refractivity contribution in [3.63, 3.8) is 0 Å². The van der Waals surface area contributed by atoms with Gasteiger partial charge in [-0.05, 0) is 6.07 Å². The van der Waals surface area contributed by atoms with E-state index in [1.165, 1.54) is 0 Å². The van der Waals surface area contributed by atoms with E-state index in [1.54, 1.807) is 0 Å². The summed E-state index contributed by atoms with van der Waals surface area (Å²) < 4.78 is 0. The van der Waals surface area contributed by atoms with Gasteiger partial charge in [-0.3, -0.25) is 0 Å². The van der Waals surface area contributed by atoms with Crippen molar-refractivity contribution >= 4 is 10.9 Å². The molecule has 0 aliphatic rings. The fourth-order valence-corrected chi connectivity index (χ4v) is 1.30. The van der Waals surface area contributed by atoms with Crippen LogP contribution in [0.25, 0.3) is 10.9 Å². The quantitative estimate of drug-likeness (QED) is 0.643. The zero-order valence-corrected chi connectivity index (χ0v) is 6.80. The minimum absolute atomic E-state index is 0.856. The first kappa shape index (κ1) is 7.17. The third-order valence-electron chi connectivity index (χ3n) is 1.85. The number of hydrogen-bond acceptors (Lipinski definition) is 0. The molecule has 1 heterocycles. The molecule has 1 nitrogen and oxygen atoms in total. The van der Waals surface area contributed by atoms with Crippen molar-refractivity contribution in [2.75, 3.05) is 0 Å². The van der Waals surface area contributed by atoms with Crippen LogP contribution >= 0.6 is 0 Å². The molecule has 1 aromatic carbocycles. The number of rotatable bonds is 2. The van der Waals surface area contributed by atoms with E-state index in [1.807, 2.05) is 18.2 Å². The second-order valence-electron chi connectivity index (χ2n) is 2.77. The Hall–Kier alpha value is -1.50. The zero-order chi connectivity index (χ0) is 8.39. The smallest absolute Gasteiger partial charge is 0.0462 e. The Morgan fingerprint density at radius 3 is 3.00 bits per heavy atom. The summed E-state index contributed by atoms with van der Waals surface area (Å²) in [6.07, 6.45) is 2.73.